The highest BCUT2D eigenvalue weighted by Gasteiger charge is 2.25. The molecule has 0 bridgehead atoms. The molecule has 0 saturated heterocycles. The smallest absolute Gasteiger partial charge is 0.162 e. The van der Waals surface area contributed by atoms with E-state index in [1.807, 2.05) is 29.2 Å². The van der Waals surface area contributed by atoms with Gasteiger partial charge in [-0.3, -0.25) is 0 Å². The quantitative estimate of drug-likeness (QED) is 0.743. The van der Waals surface area contributed by atoms with E-state index in [0.717, 1.165) is 18.7 Å². The molecule has 0 radical (unpaired) electrons. The van der Waals surface area contributed by atoms with E-state index < -0.39 is 0 Å². The van der Waals surface area contributed by atoms with Crippen molar-refractivity contribution in [3.8, 4) is 6.07 Å². The van der Waals surface area contributed by atoms with E-state index in [1.165, 1.54) is 5.56 Å². The summed E-state index contributed by atoms with van der Waals surface area (Å²) in [5, 5.41) is 8.98. The lowest BCUT2D eigenvalue weighted by Crippen LogP contribution is -2.31. The van der Waals surface area contributed by atoms with Gasteiger partial charge in [0.05, 0.1) is 15.7 Å². The normalized spacial score (nSPS) is 17.2. The first kappa shape index (κ1) is 14.1. The Morgan fingerprint density at radius 3 is 2.76 bits per heavy atom. The number of fused-ring (bicyclic) bond motifs is 1. The molecule has 1 heterocycles. The Kier molecular flexibility index (Phi) is 3.69. The average Bonchev–Trinajstić information content (AvgIpc) is 2.49. The second-order valence-corrected chi connectivity index (χ2v) is 6.21. The Morgan fingerprint density at radius 2 is 2.00 bits per heavy atom. The van der Waals surface area contributed by atoms with Crippen molar-refractivity contribution in [2.24, 2.45) is 5.92 Å². The molecule has 0 spiro atoms. The molecule has 0 fully saturated rings. The van der Waals surface area contributed by atoms with Crippen LogP contribution < -0.4 is 4.90 Å². The number of hydrogen-bond acceptors (Lipinski definition) is 2. The van der Waals surface area contributed by atoms with Crippen LogP contribution in [-0.4, -0.2) is 6.54 Å². The van der Waals surface area contributed by atoms with Gasteiger partial charge in [-0.1, -0.05) is 25.1 Å². The molecular weight excluding hydrogens is 331 g/mol. The first-order valence-electron chi connectivity index (χ1n) is 6.85. The second-order valence-electron chi connectivity index (χ2n) is 5.42. The lowest BCUT2D eigenvalue weighted by molar-refractivity contribution is 0.551. The van der Waals surface area contributed by atoms with E-state index in [9.17, 15) is 4.39 Å². The van der Waals surface area contributed by atoms with Crippen molar-refractivity contribution in [1.82, 2.24) is 0 Å². The maximum Gasteiger partial charge on any atom is 0.162 e. The van der Waals surface area contributed by atoms with E-state index >= 15 is 0 Å². The zero-order chi connectivity index (χ0) is 15.0. The maximum absolute atomic E-state index is 14.6. The molecule has 2 nitrogen and oxygen atoms in total. The summed E-state index contributed by atoms with van der Waals surface area (Å²) in [5.41, 5.74) is 3.11. The van der Waals surface area contributed by atoms with Gasteiger partial charge in [0.25, 0.3) is 0 Å². The van der Waals surface area contributed by atoms with Crippen molar-refractivity contribution < 1.29 is 4.39 Å². The van der Waals surface area contributed by atoms with Gasteiger partial charge < -0.3 is 4.90 Å². The number of benzene rings is 2. The highest BCUT2D eigenvalue weighted by atomic mass is 79.9. The van der Waals surface area contributed by atoms with Gasteiger partial charge in [-0.25, -0.2) is 4.39 Å². The van der Waals surface area contributed by atoms with Crippen LogP contribution in [0.1, 0.15) is 18.1 Å². The number of nitrogens with zero attached hydrogens (tertiary/aromatic N) is 2. The van der Waals surface area contributed by atoms with Crippen molar-refractivity contribution in [1.29, 1.82) is 5.26 Å². The summed E-state index contributed by atoms with van der Waals surface area (Å²) in [4.78, 5) is 2.00. The van der Waals surface area contributed by atoms with Crippen LogP contribution in [-0.2, 0) is 6.42 Å². The third-order valence-electron chi connectivity index (χ3n) is 3.82. The van der Waals surface area contributed by atoms with Gasteiger partial charge in [-0.15, -0.1) is 0 Å². The van der Waals surface area contributed by atoms with Gasteiger partial charge in [0.1, 0.15) is 6.07 Å². The molecule has 2 aromatic rings. The number of rotatable bonds is 1. The molecule has 0 aliphatic carbocycles. The van der Waals surface area contributed by atoms with Crippen LogP contribution in [0.5, 0.6) is 0 Å². The molecule has 1 unspecified atom stereocenters. The van der Waals surface area contributed by atoms with Crippen LogP contribution in [0.25, 0.3) is 0 Å². The summed E-state index contributed by atoms with van der Waals surface area (Å²) in [7, 11) is 0. The highest BCUT2D eigenvalue weighted by molar-refractivity contribution is 9.10. The number of anilines is 2. The van der Waals surface area contributed by atoms with Gasteiger partial charge in [0.2, 0.25) is 0 Å². The summed E-state index contributed by atoms with van der Waals surface area (Å²) in [6, 6.07) is 13.4. The minimum absolute atomic E-state index is 0.234. The van der Waals surface area contributed by atoms with E-state index in [-0.39, 0.29) is 10.3 Å². The monoisotopic (exact) mass is 344 g/mol. The summed E-state index contributed by atoms with van der Waals surface area (Å²) in [6.45, 7) is 2.94. The van der Waals surface area contributed by atoms with E-state index in [0.29, 0.717) is 17.2 Å². The number of hydrogen-bond donors (Lipinski definition) is 0. The van der Waals surface area contributed by atoms with Gasteiger partial charge >= 0.3 is 0 Å². The van der Waals surface area contributed by atoms with E-state index in [2.05, 4.69) is 28.9 Å². The number of para-hydroxylation sites is 1. The molecule has 106 valence electrons. The molecule has 1 atom stereocenters. The fourth-order valence-corrected chi connectivity index (χ4v) is 3.28. The number of halogens is 2. The first-order valence-corrected chi connectivity index (χ1v) is 7.64. The molecule has 0 aromatic heterocycles. The molecule has 0 N–H and O–H groups in total. The molecule has 4 heteroatoms. The SMILES string of the molecule is CC1Cc2ccccc2N(c2ccc(C#N)c(Br)c2F)C1. The van der Waals surface area contributed by atoms with Gasteiger partial charge in [-0.2, -0.15) is 5.26 Å². The van der Waals surface area contributed by atoms with Crippen molar-refractivity contribution in [3.63, 3.8) is 0 Å². The van der Waals surface area contributed by atoms with Gasteiger partial charge in [-0.05, 0) is 52.0 Å². The van der Waals surface area contributed by atoms with Gasteiger partial charge in [0, 0.05) is 12.2 Å². The highest BCUT2D eigenvalue weighted by Crippen LogP contribution is 2.38. The molecule has 3 rings (SSSR count). The van der Waals surface area contributed by atoms with Crippen LogP contribution >= 0.6 is 15.9 Å². The molecule has 0 saturated carbocycles. The van der Waals surface area contributed by atoms with Crippen LogP contribution in [0.15, 0.2) is 40.9 Å². The minimum Gasteiger partial charge on any atom is -0.339 e. The molecule has 0 amide bonds. The molecular formula is C17H14BrFN2. The first-order chi connectivity index (χ1) is 10.1. The summed E-state index contributed by atoms with van der Waals surface area (Å²) in [5.74, 6) is 0.0756. The van der Waals surface area contributed by atoms with Gasteiger partial charge in [0.15, 0.2) is 5.82 Å². The fourth-order valence-electron chi connectivity index (χ4n) is 2.86. The van der Waals surface area contributed by atoms with Crippen LogP contribution in [0.3, 0.4) is 0 Å². The largest absolute Gasteiger partial charge is 0.339 e. The average molecular weight is 345 g/mol. The van der Waals surface area contributed by atoms with Crippen LogP contribution in [0, 0.1) is 23.1 Å². The zero-order valence-corrected chi connectivity index (χ0v) is 13.2. The Labute approximate surface area is 131 Å². The molecule has 21 heavy (non-hydrogen) atoms. The minimum atomic E-state index is -0.377. The zero-order valence-electron chi connectivity index (χ0n) is 11.6. The Bertz CT molecular complexity index is 736. The standard InChI is InChI=1S/C17H14BrFN2/c1-11-8-12-4-2-3-5-14(12)21(10-11)15-7-6-13(9-20)16(18)17(15)19/h2-7,11H,8,10H2,1H3. The summed E-state index contributed by atoms with van der Waals surface area (Å²) < 4.78 is 14.8. The Balaban J connectivity index is 2.14. The van der Waals surface area contributed by atoms with Crippen LogP contribution in [0.2, 0.25) is 0 Å². The van der Waals surface area contributed by atoms with E-state index in [4.69, 9.17) is 5.26 Å². The summed E-state index contributed by atoms with van der Waals surface area (Å²) in [6.07, 6.45) is 1.01. The van der Waals surface area contributed by atoms with Crippen LogP contribution in [0.4, 0.5) is 15.8 Å². The van der Waals surface area contributed by atoms with E-state index in [1.54, 1.807) is 12.1 Å². The fraction of sp³-hybridized carbons (Fsp3) is 0.235. The van der Waals surface area contributed by atoms with Crippen molar-refractivity contribution >= 4 is 27.3 Å². The van der Waals surface area contributed by atoms with Crippen molar-refractivity contribution in [2.45, 2.75) is 13.3 Å². The number of nitriles is 1. The third kappa shape index (κ3) is 2.43. The lowest BCUT2D eigenvalue weighted by atomic mass is 9.93. The lowest BCUT2D eigenvalue weighted by Gasteiger charge is -2.35. The molecule has 2 aromatic carbocycles. The molecule has 1 aliphatic heterocycles. The molecule has 1 aliphatic rings. The summed E-state index contributed by atoms with van der Waals surface area (Å²) >= 11 is 3.19. The Hall–Kier alpha value is -1.86. The topological polar surface area (TPSA) is 27.0 Å². The Morgan fingerprint density at radius 1 is 1.24 bits per heavy atom. The predicted octanol–water partition coefficient (Wildman–Crippen LogP) is 4.79. The van der Waals surface area contributed by atoms with Crippen molar-refractivity contribution in [3.05, 3.63) is 57.8 Å². The second kappa shape index (κ2) is 5.50. The third-order valence-corrected chi connectivity index (χ3v) is 4.59. The predicted molar refractivity (Wildman–Crippen MR) is 85.1 cm³/mol. The van der Waals surface area contributed by atoms with Crippen molar-refractivity contribution in [2.75, 3.05) is 11.4 Å². The maximum atomic E-state index is 14.6.